The number of hydrogen-bond acceptors (Lipinski definition) is 6. The minimum absolute atomic E-state index is 0.0170. The first-order valence-electron chi connectivity index (χ1n) is 7.07. The number of carboxylic acids is 1. The van der Waals surface area contributed by atoms with Gasteiger partial charge in [0.25, 0.3) is 0 Å². The van der Waals surface area contributed by atoms with E-state index in [9.17, 15) is 24.3 Å². The maximum Gasteiger partial charge on any atom is 0.327 e. The number of thioether (sulfide) groups is 1. The lowest BCUT2D eigenvalue weighted by Gasteiger charge is -2.16. The van der Waals surface area contributed by atoms with Crippen LogP contribution in [-0.2, 0) is 19.2 Å². The minimum Gasteiger partial charge on any atom is -0.508 e. The van der Waals surface area contributed by atoms with Crippen molar-refractivity contribution in [3.05, 3.63) is 24.3 Å². The van der Waals surface area contributed by atoms with Gasteiger partial charge in [0.1, 0.15) is 11.8 Å². The summed E-state index contributed by atoms with van der Waals surface area (Å²) in [7, 11) is 0. The number of amides is 3. The average Bonchev–Trinajstić information content (AvgIpc) is 2.78. The lowest BCUT2D eigenvalue weighted by atomic mass is 10.3. The molecule has 2 atom stereocenters. The third-order valence-electron chi connectivity index (χ3n) is 3.35. The summed E-state index contributed by atoms with van der Waals surface area (Å²) in [5, 5.41) is 19.9. The first kappa shape index (κ1) is 17.8. The average molecular weight is 352 g/mol. The molecule has 1 aromatic carbocycles. The maximum atomic E-state index is 12.4. The second-order valence-corrected chi connectivity index (χ2v) is 6.44. The molecule has 0 radical (unpaired) electrons. The zero-order valence-corrected chi connectivity index (χ0v) is 13.6. The number of aromatic hydroxyl groups is 1. The van der Waals surface area contributed by atoms with Crippen LogP contribution in [0.15, 0.2) is 24.3 Å². The summed E-state index contributed by atoms with van der Waals surface area (Å²) < 4.78 is 0. The molecule has 0 aliphatic carbocycles. The number of benzene rings is 1. The van der Waals surface area contributed by atoms with Crippen LogP contribution < -0.4 is 10.2 Å². The highest BCUT2D eigenvalue weighted by atomic mass is 32.2. The van der Waals surface area contributed by atoms with Crippen molar-refractivity contribution in [1.29, 1.82) is 0 Å². The highest BCUT2D eigenvalue weighted by Crippen LogP contribution is 2.30. The summed E-state index contributed by atoms with van der Waals surface area (Å²) in [6.07, 6.45) is -0.0449. The largest absolute Gasteiger partial charge is 0.508 e. The fraction of sp³-hybridized carbons (Fsp3) is 0.333. The SMILES string of the molecule is CC(=O)NC(CSC1CC(=O)N(c2ccc(O)cc2)C1=O)C(=O)O. The van der Waals surface area contributed by atoms with Gasteiger partial charge in [-0.1, -0.05) is 0 Å². The predicted octanol–water partition coefficient (Wildman–Crippen LogP) is 0.347. The maximum absolute atomic E-state index is 12.4. The fourth-order valence-corrected chi connectivity index (χ4v) is 3.40. The number of carbonyl (C=O) groups excluding carboxylic acids is 3. The quantitative estimate of drug-likeness (QED) is 0.631. The molecule has 0 spiro atoms. The van der Waals surface area contributed by atoms with E-state index in [-0.39, 0.29) is 17.9 Å². The molecule has 0 saturated carbocycles. The van der Waals surface area contributed by atoms with Crippen LogP contribution in [0.1, 0.15) is 13.3 Å². The van der Waals surface area contributed by atoms with Crippen molar-refractivity contribution < 1.29 is 29.4 Å². The van der Waals surface area contributed by atoms with E-state index in [1.165, 1.54) is 31.2 Å². The topological polar surface area (TPSA) is 124 Å². The van der Waals surface area contributed by atoms with Crippen LogP contribution in [-0.4, -0.2) is 50.9 Å². The number of imide groups is 1. The molecule has 24 heavy (non-hydrogen) atoms. The van der Waals surface area contributed by atoms with E-state index < -0.39 is 35.0 Å². The van der Waals surface area contributed by atoms with Crippen molar-refractivity contribution in [2.45, 2.75) is 24.6 Å². The number of hydrogen-bond donors (Lipinski definition) is 3. The fourth-order valence-electron chi connectivity index (χ4n) is 2.24. The van der Waals surface area contributed by atoms with Crippen LogP contribution in [0.3, 0.4) is 0 Å². The molecule has 2 rings (SSSR count). The Morgan fingerprint density at radius 3 is 2.50 bits per heavy atom. The highest BCUT2D eigenvalue weighted by Gasteiger charge is 2.40. The Hall–Kier alpha value is -2.55. The summed E-state index contributed by atoms with van der Waals surface area (Å²) >= 11 is 1.02. The van der Waals surface area contributed by atoms with Crippen molar-refractivity contribution in [2.75, 3.05) is 10.7 Å². The number of aliphatic carboxylic acids is 1. The molecular formula is C15H16N2O6S. The van der Waals surface area contributed by atoms with Crippen LogP contribution in [0.4, 0.5) is 5.69 Å². The van der Waals surface area contributed by atoms with Crippen LogP contribution in [0.5, 0.6) is 5.75 Å². The Balaban J connectivity index is 2.04. The van der Waals surface area contributed by atoms with Crippen LogP contribution in [0.25, 0.3) is 0 Å². The van der Waals surface area contributed by atoms with E-state index in [4.69, 9.17) is 5.11 Å². The molecule has 1 aliphatic heterocycles. The zero-order chi connectivity index (χ0) is 17.9. The van der Waals surface area contributed by atoms with Crippen LogP contribution in [0, 0.1) is 0 Å². The molecule has 0 aromatic heterocycles. The molecular weight excluding hydrogens is 336 g/mol. The number of rotatable bonds is 6. The van der Waals surface area contributed by atoms with Crippen molar-refractivity contribution in [3.63, 3.8) is 0 Å². The summed E-state index contributed by atoms with van der Waals surface area (Å²) in [5.74, 6) is -2.53. The summed E-state index contributed by atoms with van der Waals surface area (Å²) in [4.78, 5) is 47.6. The van der Waals surface area contributed by atoms with Crippen molar-refractivity contribution >= 4 is 41.1 Å². The van der Waals surface area contributed by atoms with E-state index in [1.54, 1.807) is 0 Å². The van der Waals surface area contributed by atoms with Crippen LogP contribution >= 0.6 is 11.8 Å². The Bertz CT molecular complexity index is 675. The van der Waals surface area contributed by atoms with Gasteiger partial charge in [-0.15, -0.1) is 11.8 Å². The number of phenolic OH excluding ortho intramolecular Hbond substituents is 1. The molecule has 1 fully saturated rings. The molecule has 2 unspecified atom stereocenters. The molecule has 3 amide bonds. The van der Waals surface area contributed by atoms with Crippen molar-refractivity contribution in [2.24, 2.45) is 0 Å². The van der Waals surface area contributed by atoms with E-state index in [0.29, 0.717) is 5.69 Å². The first-order chi connectivity index (χ1) is 11.3. The number of nitrogens with zero attached hydrogens (tertiary/aromatic N) is 1. The molecule has 8 nitrogen and oxygen atoms in total. The zero-order valence-electron chi connectivity index (χ0n) is 12.8. The molecule has 128 valence electrons. The second kappa shape index (κ2) is 7.35. The van der Waals surface area contributed by atoms with Gasteiger partial charge in [-0.25, -0.2) is 9.69 Å². The van der Waals surface area contributed by atoms with Gasteiger partial charge in [0.05, 0.1) is 10.9 Å². The normalized spacial score (nSPS) is 18.5. The van der Waals surface area contributed by atoms with E-state index in [0.717, 1.165) is 16.7 Å². The summed E-state index contributed by atoms with van der Waals surface area (Å²) in [6.45, 7) is 1.21. The van der Waals surface area contributed by atoms with Gasteiger partial charge in [0, 0.05) is 19.1 Å². The van der Waals surface area contributed by atoms with Gasteiger partial charge in [0.2, 0.25) is 17.7 Å². The number of anilines is 1. The molecule has 3 N–H and O–H groups in total. The summed E-state index contributed by atoms with van der Waals surface area (Å²) in [5.41, 5.74) is 0.350. The van der Waals surface area contributed by atoms with Gasteiger partial charge in [-0.2, -0.15) is 0 Å². The second-order valence-electron chi connectivity index (χ2n) is 5.20. The summed E-state index contributed by atoms with van der Waals surface area (Å²) in [6, 6.07) is 4.52. The molecule has 0 bridgehead atoms. The monoisotopic (exact) mass is 352 g/mol. The molecule has 1 heterocycles. The van der Waals surface area contributed by atoms with E-state index in [1.807, 2.05) is 0 Å². The Labute approximate surface area is 141 Å². The Morgan fingerprint density at radius 1 is 1.33 bits per heavy atom. The number of carboxylic acid groups (broad SMARTS) is 1. The lowest BCUT2D eigenvalue weighted by Crippen LogP contribution is -2.42. The van der Waals surface area contributed by atoms with Gasteiger partial charge in [-0.3, -0.25) is 14.4 Å². The number of phenols is 1. The Kier molecular flexibility index (Phi) is 5.45. The third kappa shape index (κ3) is 4.05. The highest BCUT2D eigenvalue weighted by molar-refractivity contribution is 8.00. The lowest BCUT2D eigenvalue weighted by molar-refractivity contribution is -0.140. The smallest absolute Gasteiger partial charge is 0.327 e. The molecule has 9 heteroatoms. The predicted molar refractivity (Wildman–Crippen MR) is 86.7 cm³/mol. The molecule has 1 aliphatic rings. The number of carbonyl (C=O) groups is 4. The minimum atomic E-state index is -1.20. The Morgan fingerprint density at radius 2 is 1.96 bits per heavy atom. The van der Waals surface area contributed by atoms with Crippen molar-refractivity contribution in [3.8, 4) is 5.75 Å². The van der Waals surface area contributed by atoms with E-state index >= 15 is 0 Å². The standard InChI is InChI=1S/C15H16N2O6S/c1-8(18)16-11(15(22)23)7-24-12-6-13(20)17(14(12)21)9-2-4-10(19)5-3-9/h2-5,11-12,19H,6-7H2,1H3,(H,16,18)(H,22,23). The van der Waals surface area contributed by atoms with Gasteiger partial charge in [0.15, 0.2) is 0 Å². The molecule has 1 saturated heterocycles. The van der Waals surface area contributed by atoms with Crippen molar-refractivity contribution in [1.82, 2.24) is 5.32 Å². The first-order valence-corrected chi connectivity index (χ1v) is 8.12. The van der Waals surface area contributed by atoms with Gasteiger partial charge < -0.3 is 15.5 Å². The van der Waals surface area contributed by atoms with E-state index in [2.05, 4.69) is 5.32 Å². The van der Waals surface area contributed by atoms with Gasteiger partial charge >= 0.3 is 5.97 Å². The third-order valence-corrected chi connectivity index (χ3v) is 4.65. The molecule has 1 aromatic rings. The van der Waals surface area contributed by atoms with Crippen LogP contribution in [0.2, 0.25) is 0 Å². The van der Waals surface area contributed by atoms with Gasteiger partial charge in [-0.05, 0) is 24.3 Å². The number of nitrogens with one attached hydrogen (secondary N) is 1.